The van der Waals surface area contributed by atoms with Crippen molar-refractivity contribution in [3.8, 4) is 5.75 Å². The van der Waals surface area contributed by atoms with E-state index in [1.165, 1.54) is 0 Å². The molecule has 0 spiro atoms. The summed E-state index contributed by atoms with van der Waals surface area (Å²) in [5, 5.41) is 4.30. The van der Waals surface area contributed by atoms with Gasteiger partial charge in [-0.2, -0.15) is 0 Å². The van der Waals surface area contributed by atoms with E-state index in [0.29, 0.717) is 16.9 Å². The van der Waals surface area contributed by atoms with Gasteiger partial charge in [0.05, 0.1) is 10.9 Å². The summed E-state index contributed by atoms with van der Waals surface area (Å²) in [6.07, 6.45) is 0. The average molecular weight is 419 g/mol. The lowest BCUT2D eigenvalue weighted by Crippen LogP contribution is -2.09. The van der Waals surface area contributed by atoms with E-state index in [0.717, 1.165) is 21.5 Å². The zero-order chi connectivity index (χ0) is 18.8. The summed E-state index contributed by atoms with van der Waals surface area (Å²) < 4.78 is 5.53. The zero-order valence-corrected chi connectivity index (χ0v) is 15.9. The second kappa shape index (κ2) is 7.33. The van der Waals surface area contributed by atoms with E-state index in [-0.39, 0.29) is 11.1 Å². The predicted octanol–water partition coefficient (Wildman–Crippen LogP) is 5.79. The van der Waals surface area contributed by atoms with Crippen molar-refractivity contribution >= 4 is 49.2 Å². The van der Waals surface area contributed by atoms with Crippen molar-refractivity contribution in [3.63, 3.8) is 0 Å². The normalized spacial score (nSPS) is 10.9. The Hall–Kier alpha value is -2.98. The van der Waals surface area contributed by atoms with Crippen molar-refractivity contribution < 1.29 is 14.3 Å². The summed E-state index contributed by atoms with van der Waals surface area (Å²) in [7, 11) is 0. The van der Waals surface area contributed by atoms with Gasteiger partial charge in [-0.05, 0) is 64.0 Å². The molecule has 4 heteroatoms. The lowest BCUT2D eigenvalue weighted by Gasteiger charge is -2.09. The second-order valence-electron chi connectivity index (χ2n) is 6.20. The van der Waals surface area contributed by atoms with Crippen LogP contribution in [0, 0.1) is 0 Å². The highest BCUT2D eigenvalue weighted by Gasteiger charge is 2.13. The molecule has 0 radical (unpaired) electrons. The van der Waals surface area contributed by atoms with Gasteiger partial charge in [0, 0.05) is 5.56 Å². The molecule has 132 valence electrons. The van der Waals surface area contributed by atoms with Gasteiger partial charge in [-0.1, -0.05) is 52.3 Å². The highest BCUT2D eigenvalue weighted by atomic mass is 79.9. The highest BCUT2D eigenvalue weighted by molar-refractivity contribution is 9.09. The SMILES string of the molecule is O=C(CBr)c1ccc(OC(=O)c2cccc3cc4ccccc4cc23)cc1. The van der Waals surface area contributed by atoms with E-state index in [2.05, 4.69) is 28.1 Å². The lowest BCUT2D eigenvalue weighted by atomic mass is 10.00. The summed E-state index contributed by atoms with van der Waals surface area (Å²) in [5.41, 5.74) is 1.09. The number of ketones is 1. The maximum Gasteiger partial charge on any atom is 0.344 e. The first-order valence-electron chi connectivity index (χ1n) is 8.48. The number of rotatable bonds is 4. The molecule has 0 unspecified atom stereocenters. The molecule has 4 rings (SSSR count). The molecular formula is C23H15BrO3. The zero-order valence-electron chi connectivity index (χ0n) is 14.3. The third-order valence-corrected chi connectivity index (χ3v) is 4.98. The van der Waals surface area contributed by atoms with Crippen LogP contribution in [0.3, 0.4) is 0 Å². The van der Waals surface area contributed by atoms with Crippen molar-refractivity contribution in [1.82, 2.24) is 0 Å². The molecule has 0 saturated carbocycles. The van der Waals surface area contributed by atoms with Gasteiger partial charge in [-0.3, -0.25) is 4.79 Å². The van der Waals surface area contributed by atoms with Gasteiger partial charge in [-0.25, -0.2) is 4.79 Å². The van der Waals surface area contributed by atoms with E-state index in [1.807, 2.05) is 36.4 Å². The smallest absolute Gasteiger partial charge is 0.344 e. The molecule has 4 aromatic rings. The van der Waals surface area contributed by atoms with Crippen molar-refractivity contribution in [3.05, 3.63) is 90.0 Å². The fourth-order valence-electron chi connectivity index (χ4n) is 3.09. The minimum absolute atomic E-state index is 0.0196. The van der Waals surface area contributed by atoms with Crippen LogP contribution in [-0.2, 0) is 0 Å². The van der Waals surface area contributed by atoms with Crippen LogP contribution in [0.5, 0.6) is 5.75 Å². The number of halogens is 1. The Kier molecular flexibility index (Phi) is 4.73. The fraction of sp³-hybridized carbons (Fsp3) is 0.0435. The van der Waals surface area contributed by atoms with Crippen molar-refractivity contribution in [2.45, 2.75) is 0 Å². The topological polar surface area (TPSA) is 43.4 Å². The standard InChI is InChI=1S/C23H15BrO3/c24-14-22(25)15-8-10-19(11-9-15)27-23(26)20-7-3-6-18-12-16-4-1-2-5-17(16)13-21(18)20/h1-13H,14H2. The first-order valence-corrected chi connectivity index (χ1v) is 9.61. The Bertz CT molecular complexity index is 1160. The molecule has 0 aliphatic heterocycles. The van der Waals surface area contributed by atoms with E-state index >= 15 is 0 Å². The average Bonchev–Trinajstić information content (AvgIpc) is 2.71. The fourth-order valence-corrected chi connectivity index (χ4v) is 3.42. The number of benzene rings is 4. The van der Waals surface area contributed by atoms with E-state index in [1.54, 1.807) is 30.3 Å². The summed E-state index contributed by atoms with van der Waals surface area (Å²) >= 11 is 3.15. The number of esters is 1. The number of ether oxygens (including phenoxy) is 1. The molecule has 0 amide bonds. The Morgan fingerprint density at radius 2 is 1.44 bits per heavy atom. The summed E-state index contributed by atoms with van der Waals surface area (Å²) in [6, 6.07) is 24.3. The number of carbonyl (C=O) groups excluding carboxylic acids is 2. The molecular weight excluding hydrogens is 404 g/mol. The van der Waals surface area contributed by atoms with Gasteiger partial charge in [0.15, 0.2) is 5.78 Å². The highest BCUT2D eigenvalue weighted by Crippen LogP contribution is 2.26. The molecule has 0 heterocycles. The summed E-state index contributed by atoms with van der Waals surface area (Å²) in [5.74, 6) is -0.0341. The Morgan fingerprint density at radius 3 is 2.15 bits per heavy atom. The van der Waals surface area contributed by atoms with Crippen LogP contribution in [-0.4, -0.2) is 17.1 Å². The Labute approximate surface area is 164 Å². The molecule has 0 bridgehead atoms. The van der Waals surface area contributed by atoms with Gasteiger partial charge >= 0.3 is 5.97 Å². The molecule has 0 atom stereocenters. The maximum absolute atomic E-state index is 12.7. The molecule has 0 saturated heterocycles. The first-order chi connectivity index (χ1) is 13.2. The van der Waals surface area contributed by atoms with Crippen LogP contribution in [0.25, 0.3) is 21.5 Å². The quantitative estimate of drug-likeness (QED) is 0.138. The maximum atomic E-state index is 12.7. The van der Waals surface area contributed by atoms with Crippen molar-refractivity contribution in [2.75, 3.05) is 5.33 Å². The molecule has 0 N–H and O–H groups in total. The van der Waals surface area contributed by atoms with Crippen LogP contribution in [0.2, 0.25) is 0 Å². The number of Topliss-reactive ketones (excluding diaryl/α,β-unsaturated/α-hetero) is 1. The van der Waals surface area contributed by atoms with Crippen molar-refractivity contribution in [1.29, 1.82) is 0 Å². The van der Waals surface area contributed by atoms with Gasteiger partial charge < -0.3 is 4.74 Å². The number of hydrogen-bond donors (Lipinski definition) is 0. The molecule has 0 aliphatic carbocycles. The lowest BCUT2D eigenvalue weighted by molar-refractivity contribution is 0.0737. The largest absolute Gasteiger partial charge is 0.423 e. The molecule has 27 heavy (non-hydrogen) atoms. The molecule has 3 nitrogen and oxygen atoms in total. The number of fused-ring (bicyclic) bond motifs is 2. The van der Waals surface area contributed by atoms with Crippen LogP contribution >= 0.6 is 15.9 Å². The van der Waals surface area contributed by atoms with Gasteiger partial charge in [0.1, 0.15) is 5.75 Å². The van der Waals surface area contributed by atoms with Crippen LogP contribution in [0.1, 0.15) is 20.7 Å². The number of alkyl halides is 1. The monoisotopic (exact) mass is 418 g/mol. The predicted molar refractivity (Wildman–Crippen MR) is 111 cm³/mol. The first kappa shape index (κ1) is 17.4. The Balaban J connectivity index is 1.68. The Morgan fingerprint density at radius 1 is 0.778 bits per heavy atom. The van der Waals surface area contributed by atoms with Gasteiger partial charge in [0.25, 0.3) is 0 Å². The van der Waals surface area contributed by atoms with E-state index < -0.39 is 5.97 Å². The number of carbonyl (C=O) groups is 2. The molecule has 0 aromatic heterocycles. The number of hydrogen-bond acceptors (Lipinski definition) is 3. The van der Waals surface area contributed by atoms with E-state index in [9.17, 15) is 9.59 Å². The van der Waals surface area contributed by atoms with Gasteiger partial charge in [0.2, 0.25) is 0 Å². The van der Waals surface area contributed by atoms with Crippen LogP contribution in [0.15, 0.2) is 78.9 Å². The third-order valence-electron chi connectivity index (χ3n) is 4.47. The van der Waals surface area contributed by atoms with E-state index in [4.69, 9.17) is 4.74 Å². The minimum Gasteiger partial charge on any atom is -0.423 e. The molecule has 4 aromatic carbocycles. The summed E-state index contributed by atoms with van der Waals surface area (Å²) in [4.78, 5) is 24.4. The second-order valence-corrected chi connectivity index (χ2v) is 6.76. The van der Waals surface area contributed by atoms with Crippen molar-refractivity contribution in [2.24, 2.45) is 0 Å². The molecule has 0 aliphatic rings. The molecule has 0 fully saturated rings. The minimum atomic E-state index is -0.421. The van der Waals surface area contributed by atoms with Crippen LogP contribution in [0.4, 0.5) is 0 Å². The van der Waals surface area contributed by atoms with Gasteiger partial charge in [-0.15, -0.1) is 0 Å². The third kappa shape index (κ3) is 3.49. The summed E-state index contributed by atoms with van der Waals surface area (Å²) in [6.45, 7) is 0. The van der Waals surface area contributed by atoms with Crippen LogP contribution < -0.4 is 4.74 Å².